The Kier molecular flexibility index (Phi) is 8.71. The van der Waals surface area contributed by atoms with Gasteiger partial charge in [-0.1, -0.05) is 13.3 Å². The number of nitrogens with zero attached hydrogens (tertiary/aromatic N) is 1. The first-order valence-electron chi connectivity index (χ1n) is 5.82. The Balaban J connectivity index is 3.92. The van der Waals surface area contributed by atoms with Crippen molar-refractivity contribution in [3.63, 3.8) is 0 Å². The van der Waals surface area contributed by atoms with Crippen LogP contribution in [0.3, 0.4) is 0 Å². The molecule has 0 bridgehead atoms. The first kappa shape index (κ1) is 16.8. The van der Waals surface area contributed by atoms with Crippen LogP contribution < -0.4 is 4.72 Å². The maximum absolute atomic E-state index is 11.7. The monoisotopic (exact) mass is 268 g/mol. The van der Waals surface area contributed by atoms with Gasteiger partial charge in [-0.05, 0) is 12.8 Å². The van der Waals surface area contributed by atoms with Gasteiger partial charge in [0.05, 0.1) is 12.7 Å². The molecule has 0 saturated carbocycles. The van der Waals surface area contributed by atoms with Crippen molar-refractivity contribution >= 4 is 10.2 Å². The summed E-state index contributed by atoms with van der Waals surface area (Å²) in [7, 11) is -0.375. The molecule has 0 aliphatic heterocycles. The molecule has 0 rings (SSSR count). The highest BCUT2D eigenvalue weighted by Crippen LogP contribution is 1.99. The van der Waals surface area contributed by atoms with Crippen molar-refractivity contribution in [1.82, 2.24) is 9.03 Å². The van der Waals surface area contributed by atoms with E-state index in [1.165, 1.54) is 11.4 Å². The largest absolute Gasteiger partial charge is 0.391 e. The normalized spacial score (nSPS) is 14.2. The van der Waals surface area contributed by atoms with Gasteiger partial charge in [-0.3, -0.25) is 0 Å². The number of nitrogens with one attached hydrogen (secondary N) is 1. The number of methoxy groups -OCH3 is 1. The number of hydrogen-bond donors (Lipinski definition) is 2. The third-order valence-corrected chi connectivity index (χ3v) is 3.93. The summed E-state index contributed by atoms with van der Waals surface area (Å²) in [5.41, 5.74) is 0. The van der Waals surface area contributed by atoms with E-state index in [1.54, 1.807) is 7.05 Å². The van der Waals surface area contributed by atoms with Crippen LogP contribution in [0.15, 0.2) is 0 Å². The highest BCUT2D eigenvalue weighted by molar-refractivity contribution is 7.87. The van der Waals surface area contributed by atoms with E-state index in [9.17, 15) is 13.5 Å². The molecular formula is C10H24N2O4S. The molecule has 0 radical (unpaired) electrons. The van der Waals surface area contributed by atoms with E-state index in [4.69, 9.17) is 4.74 Å². The summed E-state index contributed by atoms with van der Waals surface area (Å²) >= 11 is 0. The molecule has 7 heteroatoms. The molecule has 104 valence electrons. The molecule has 0 aromatic heterocycles. The highest BCUT2D eigenvalue weighted by Gasteiger charge is 2.16. The van der Waals surface area contributed by atoms with Gasteiger partial charge >= 0.3 is 0 Å². The van der Waals surface area contributed by atoms with Gasteiger partial charge < -0.3 is 9.84 Å². The van der Waals surface area contributed by atoms with Crippen molar-refractivity contribution in [1.29, 1.82) is 0 Å². The van der Waals surface area contributed by atoms with E-state index in [0.29, 0.717) is 13.0 Å². The van der Waals surface area contributed by atoms with Gasteiger partial charge in [0, 0.05) is 27.2 Å². The zero-order chi connectivity index (χ0) is 13.3. The molecule has 0 aliphatic carbocycles. The Bertz CT molecular complexity index is 282. The molecule has 0 aliphatic rings. The SMILES string of the molecule is CCCCN(C)S(=O)(=O)NCCC(O)COC. The summed E-state index contributed by atoms with van der Waals surface area (Å²) < 4.78 is 31.8. The van der Waals surface area contributed by atoms with Crippen molar-refractivity contribution in [3.8, 4) is 0 Å². The van der Waals surface area contributed by atoms with E-state index in [2.05, 4.69) is 4.72 Å². The predicted octanol–water partition coefficient (Wildman–Crippen LogP) is -0.0499. The Morgan fingerprint density at radius 3 is 2.65 bits per heavy atom. The van der Waals surface area contributed by atoms with Gasteiger partial charge in [-0.15, -0.1) is 0 Å². The lowest BCUT2D eigenvalue weighted by molar-refractivity contribution is 0.0603. The van der Waals surface area contributed by atoms with Crippen molar-refractivity contribution in [2.45, 2.75) is 32.3 Å². The molecule has 0 heterocycles. The van der Waals surface area contributed by atoms with Crippen LogP contribution in [0.4, 0.5) is 0 Å². The van der Waals surface area contributed by atoms with Crippen LogP contribution in [0.5, 0.6) is 0 Å². The number of ether oxygens (including phenoxy) is 1. The number of rotatable bonds is 10. The lowest BCUT2D eigenvalue weighted by atomic mass is 10.3. The van der Waals surface area contributed by atoms with Gasteiger partial charge in [-0.25, -0.2) is 4.72 Å². The first-order chi connectivity index (χ1) is 7.94. The van der Waals surface area contributed by atoms with Gasteiger partial charge in [0.2, 0.25) is 0 Å². The predicted molar refractivity (Wildman–Crippen MR) is 67.0 cm³/mol. The van der Waals surface area contributed by atoms with Gasteiger partial charge in [0.25, 0.3) is 10.2 Å². The fraction of sp³-hybridized carbons (Fsp3) is 1.00. The molecule has 0 saturated heterocycles. The zero-order valence-electron chi connectivity index (χ0n) is 10.8. The molecule has 0 spiro atoms. The van der Waals surface area contributed by atoms with Crippen LogP contribution >= 0.6 is 0 Å². The second-order valence-corrected chi connectivity index (χ2v) is 5.83. The van der Waals surface area contributed by atoms with Crippen molar-refractivity contribution in [2.75, 3.05) is 33.9 Å². The van der Waals surface area contributed by atoms with Crippen LogP contribution in [-0.2, 0) is 14.9 Å². The summed E-state index contributed by atoms with van der Waals surface area (Å²) in [6, 6.07) is 0. The van der Waals surface area contributed by atoms with Crippen LogP contribution in [0.25, 0.3) is 0 Å². The van der Waals surface area contributed by atoms with Gasteiger partial charge in [0.1, 0.15) is 0 Å². The molecule has 0 amide bonds. The summed E-state index contributed by atoms with van der Waals surface area (Å²) in [5, 5.41) is 9.35. The second kappa shape index (κ2) is 8.82. The molecule has 2 N–H and O–H groups in total. The van der Waals surface area contributed by atoms with E-state index in [-0.39, 0.29) is 13.2 Å². The summed E-state index contributed by atoms with van der Waals surface area (Å²) in [5.74, 6) is 0. The fourth-order valence-electron chi connectivity index (χ4n) is 1.24. The van der Waals surface area contributed by atoms with E-state index < -0.39 is 16.3 Å². The Labute approximate surface area is 104 Å². The average Bonchev–Trinajstić information content (AvgIpc) is 2.25. The Morgan fingerprint density at radius 2 is 2.12 bits per heavy atom. The van der Waals surface area contributed by atoms with Crippen LogP contribution in [-0.4, -0.2) is 57.8 Å². The molecule has 0 aromatic rings. The second-order valence-electron chi connectivity index (χ2n) is 3.97. The van der Waals surface area contributed by atoms with Gasteiger partial charge in [-0.2, -0.15) is 12.7 Å². The first-order valence-corrected chi connectivity index (χ1v) is 7.26. The van der Waals surface area contributed by atoms with E-state index in [1.807, 2.05) is 6.92 Å². The van der Waals surface area contributed by atoms with E-state index in [0.717, 1.165) is 12.8 Å². The quantitative estimate of drug-likeness (QED) is 0.582. The molecule has 1 atom stereocenters. The van der Waals surface area contributed by atoms with Crippen LogP contribution in [0.2, 0.25) is 0 Å². The lowest BCUT2D eigenvalue weighted by Gasteiger charge is -2.18. The zero-order valence-corrected chi connectivity index (χ0v) is 11.7. The number of hydrogen-bond acceptors (Lipinski definition) is 4. The third-order valence-electron chi connectivity index (χ3n) is 2.36. The molecule has 0 fully saturated rings. The number of aliphatic hydroxyl groups excluding tert-OH is 1. The summed E-state index contributed by atoms with van der Waals surface area (Å²) in [6.07, 6.45) is 1.49. The Hall–Kier alpha value is -0.210. The lowest BCUT2D eigenvalue weighted by Crippen LogP contribution is -2.40. The molecule has 1 unspecified atom stereocenters. The van der Waals surface area contributed by atoms with Gasteiger partial charge in [0.15, 0.2) is 0 Å². The molecular weight excluding hydrogens is 244 g/mol. The Morgan fingerprint density at radius 1 is 1.47 bits per heavy atom. The maximum atomic E-state index is 11.7. The van der Waals surface area contributed by atoms with E-state index >= 15 is 0 Å². The molecule has 0 aromatic carbocycles. The number of aliphatic hydroxyl groups is 1. The van der Waals surface area contributed by atoms with Crippen LogP contribution in [0, 0.1) is 0 Å². The van der Waals surface area contributed by atoms with Crippen LogP contribution in [0.1, 0.15) is 26.2 Å². The van der Waals surface area contributed by atoms with Crippen molar-refractivity contribution in [3.05, 3.63) is 0 Å². The van der Waals surface area contributed by atoms with Crippen molar-refractivity contribution in [2.24, 2.45) is 0 Å². The number of unbranched alkanes of at least 4 members (excludes halogenated alkanes) is 1. The summed E-state index contributed by atoms with van der Waals surface area (Å²) in [4.78, 5) is 0. The third kappa shape index (κ3) is 7.67. The minimum atomic E-state index is -3.41. The molecule has 6 nitrogen and oxygen atoms in total. The van der Waals surface area contributed by atoms with Crippen molar-refractivity contribution < 1.29 is 18.3 Å². The standard InChI is InChI=1S/C10H24N2O4S/c1-4-5-8-12(2)17(14,15)11-7-6-10(13)9-16-3/h10-11,13H,4-9H2,1-3H3. The average molecular weight is 268 g/mol. The minimum Gasteiger partial charge on any atom is -0.391 e. The highest BCUT2D eigenvalue weighted by atomic mass is 32.2. The smallest absolute Gasteiger partial charge is 0.279 e. The molecule has 17 heavy (non-hydrogen) atoms. The topological polar surface area (TPSA) is 78.9 Å². The fourth-order valence-corrected chi connectivity index (χ4v) is 2.21. The maximum Gasteiger partial charge on any atom is 0.279 e. The minimum absolute atomic E-state index is 0.212. The summed E-state index contributed by atoms with van der Waals surface area (Å²) in [6.45, 7) is 2.94.